The van der Waals surface area contributed by atoms with Crippen LogP contribution in [0.15, 0.2) is 41.2 Å². The lowest BCUT2D eigenvalue weighted by Gasteiger charge is -1.98. The van der Waals surface area contributed by atoms with E-state index in [1.54, 1.807) is 10.9 Å². The molecule has 0 saturated heterocycles. The highest BCUT2D eigenvalue weighted by Crippen LogP contribution is 2.08. The van der Waals surface area contributed by atoms with Gasteiger partial charge in [-0.1, -0.05) is 30.3 Å². The fraction of sp³-hybridized carbons (Fsp3) is 0.167. The van der Waals surface area contributed by atoms with Crippen molar-refractivity contribution in [3.05, 3.63) is 52.5 Å². The summed E-state index contributed by atoms with van der Waals surface area (Å²) in [6.45, 7) is 0. The molecule has 1 aromatic heterocycles. The van der Waals surface area contributed by atoms with Crippen molar-refractivity contribution in [2.45, 2.75) is 12.8 Å². The number of rotatable bonds is 4. The molecule has 76 valence electrons. The Balaban J connectivity index is 1.92. The van der Waals surface area contributed by atoms with Crippen molar-refractivity contribution in [2.24, 2.45) is 0 Å². The van der Waals surface area contributed by atoms with Crippen molar-refractivity contribution < 1.29 is 4.79 Å². The Morgan fingerprint density at radius 2 is 2.07 bits per heavy atom. The van der Waals surface area contributed by atoms with Crippen LogP contribution in [0.5, 0.6) is 0 Å². The molecule has 3 heteroatoms. The Morgan fingerprint density at radius 1 is 1.27 bits per heavy atom. The van der Waals surface area contributed by atoms with E-state index in [-0.39, 0.29) is 5.78 Å². The van der Waals surface area contributed by atoms with Crippen molar-refractivity contribution in [1.82, 2.24) is 4.98 Å². The largest absolute Gasteiger partial charge is 0.292 e. The highest BCUT2D eigenvalue weighted by molar-refractivity contribution is 7.07. The maximum absolute atomic E-state index is 11.6. The van der Waals surface area contributed by atoms with E-state index in [0.717, 1.165) is 6.42 Å². The molecule has 2 aromatic rings. The van der Waals surface area contributed by atoms with Crippen LogP contribution in [0.4, 0.5) is 0 Å². The zero-order valence-corrected chi connectivity index (χ0v) is 9.04. The Kier molecular flexibility index (Phi) is 3.25. The van der Waals surface area contributed by atoms with Crippen molar-refractivity contribution >= 4 is 17.1 Å². The Labute approximate surface area is 92.6 Å². The summed E-state index contributed by atoms with van der Waals surface area (Å²) in [6.07, 6.45) is 1.32. The molecular weight excluding hydrogens is 206 g/mol. The summed E-state index contributed by atoms with van der Waals surface area (Å²) in [7, 11) is 0. The molecule has 0 aliphatic rings. The van der Waals surface area contributed by atoms with Gasteiger partial charge in [0.05, 0.1) is 5.51 Å². The molecule has 0 aliphatic heterocycles. The Hall–Kier alpha value is -1.48. The fourth-order valence-electron chi connectivity index (χ4n) is 1.38. The number of ketones is 1. The highest BCUT2D eigenvalue weighted by Gasteiger charge is 2.07. The van der Waals surface area contributed by atoms with Gasteiger partial charge in [0.25, 0.3) is 0 Å². The first-order valence-electron chi connectivity index (χ1n) is 4.81. The summed E-state index contributed by atoms with van der Waals surface area (Å²) < 4.78 is 0. The lowest BCUT2D eigenvalue weighted by Crippen LogP contribution is -2.01. The minimum absolute atomic E-state index is 0.125. The molecule has 0 saturated carbocycles. The van der Waals surface area contributed by atoms with Crippen LogP contribution in [-0.4, -0.2) is 10.8 Å². The lowest BCUT2D eigenvalue weighted by molar-refractivity contribution is 0.0978. The van der Waals surface area contributed by atoms with E-state index in [0.29, 0.717) is 12.1 Å². The van der Waals surface area contributed by atoms with Crippen molar-refractivity contribution in [2.75, 3.05) is 0 Å². The van der Waals surface area contributed by atoms with Gasteiger partial charge in [0.15, 0.2) is 5.78 Å². The van der Waals surface area contributed by atoms with Gasteiger partial charge in [0.2, 0.25) is 0 Å². The van der Waals surface area contributed by atoms with Gasteiger partial charge >= 0.3 is 0 Å². The smallest absolute Gasteiger partial charge is 0.182 e. The number of benzene rings is 1. The number of aryl methyl sites for hydroxylation is 1. The summed E-state index contributed by atoms with van der Waals surface area (Å²) in [6, 6.07) is 10.0. The number of carbonyl (C=O) groups excluding carboxylic acids is 1. The normalized spacial score (nSPS) is 10.1. The fourth-order valence-corrected chi connectivity index (χ4v) is 1.94. The van der Waals surface area contributed by atoms with E-state index in [9.17, 15) is 4.79 Å². The zero-order valence-electron chi connectivity index (χ0n) is 8.22. The molecular formula is C12H11NOS. The SMILES string of the molecule is O=C(CCc1ccccc1)c1cscn1. The molecule has 15 heavy (non-hydrogen) atoms. The number of nitrogens with zero attached hydrogens (tertiary/aromatic N) is 1. The summed E-state index contributed by atoms with van der Waals surface area (Å²) in [5.74, 6) is 0.125. The van der Waals surface area contributed by atoms with Crippen LogP contribution in [0, 0.1) is 0 Å². The number of thiazole rings is 1. The van der Waals surface area contributed by atoms with Gasteiger partial charge in [-0.3, -0.25) is 4.79 Å². The average molecular weight is 217 g/mol. The number of Topliss-reactive ketones (excluding diaryl/α,β-unsaturated/α-hetero) is 1. The molecule has 0 spiro atoms. The topological polar surface area (TPSA) is 30.0 Å². The standard InChI is InChI=1S/C12H11NOS/c14-12(11-8-15-9-13-11)7-6-10-4-2-1-3-5-10/h1-5,8-9H,6-7H2. The molecule has 2 nitrogen and oxygen atoms in total. The molecule has 2 rings (SSSR count). The third-order valence-electron chi connectivity index (χ3n) is 2.20. The molecule has 0 unspecified atom stereocenters. The molecule has 1 heterocycles. The second-order valence-corrected chi connectivity index (χ2v) is 4.00. The highest BCUT2D eigenvalue weighted by atomic mass is 32.1. The maximum atomic E-state index is 11.6. The number of aromatic nitrogens is 1. The summed E-state index contributed by atoms with van der Waals surface area (Å²) in [4.78, 5) is 15.6. The molecule has 0 amide bonds. The number of hydrogen-bond donors (Lipinski definition) is 0. The average Bonchev–Trinajstić information content (AvgIpc) is 2.81. The van der Waals surface area contributed by atoms with E-state index in [1.807, 2.05) is 30.3 Å². The number of hydrogen-bond acceptors (Lipinski definition) is 3. The van der Waals surface area contributed by atoms with Crippen LogP contribution < -0.4 is 0 Å². The quantitative estimate of drug-likeness (QED) is 0.737. The molecule has 0 radical (unpaired) electrons. The van der Waals surface area contributed by atoms with Crippen LogP contribution in [0.1, 0.15) is 22.5 Å². The minimum Gasteiger partial charge on any atom is -0.292 e. The van der Waals surface area contributed by atoms with Gasteiger partial charge in [-0.25, -0.2) is 4.98 Å². The molecule has 0 fully saturated rings. The predicted molar refractivity (Wildman–Crippen MR) is 61.2 cm³/mol. The monoisotopic (exact) mass is 217 g/mol. The second kappa shape index (κ2) is 4.84. The molecule has 0 bridgehead atoms. The molecule has 0 aliphatic carbocycles. The predicted octanol–water partition coefficient (Wildman–Crippen LogP) is 2.96. The van der Waals surface area contributed by atoms with Gasteiger partial charge in [0.1, 0.15) is 5.69 Å². The zero-order chi connectivity index (χ0) is 10.5. The maximum Gasteiger partial charge on any atom is 0.182 e. The van der Waals surface area contributed by atoms with Crippen LogP contribution in [0.25, 0.3) is 0 Å². The first-order valence-corrected chi connectivity index (χ1v) is 5.76. The summed E-state index contributed by atoms with van der Waals surface area (Å²) in [5, 5.41) is 1.80. The Bertz CT molecular complexity index is 422. The van der Waals surface area contributed by atoms with Gasteiger partial charge in [0, 0.05) is 11.8 Å². The Morgan fingerprint density at radius 3 is 2.73 bits per heavy atom. The van der Waals surface area contributed by atoms with Gasteiger partial charge < -0.3 is 0 Å². The third-order valence-corrected chi connectivity index (χ3v) is 2.79. The first-order chi connectivity index (χ1) is 7.36. The molecule has 0 atom stereocenters. The van der Waals surface area contributed by atoms with E-state index < -0.39 is 0 Å². The van der Waals surface area contributed by atoms with Gasteiger partial charge in [-0.15, -0.1) is 11.3 Å². The van der Waals surface area contributed by atoms with Gasteiger partial charge in [-0.05, 0) is 12.0 Å². The van der Waals surface area contributed by atoms with E-state index in [4.69, 9.17) is 0 Å². The van der Waals surface area contributed by atoms with Crippen LogP contribution in [-0.2, 0) is 6.42 Å². The second-order valence-electron chi connectivity index (χ2n) is 3.28. The van der Waals surface area contributed by atoms with Crippen LogP contribution in [0.3, 0.4) is 0 Å². The van der Waals surface area contributed by atoms with E-state index >= 15 is 0 Å². The molecule has 0 N–H and O–H groups in total. The van der Waals surface area contributed by atoms with Crippen LogP contribution >= 0.6 is 11.3 Å². The molecule has 1 aromatic carbocycles. The van der Waals surface area contributed by atoms with Crippen molar-refractivity contribution in [3.63, 3.8) is 0 Å². The van der Waals surface area contributed by atoms with Crippen LogP contribution in [0.2, 0.25) is 0 Å². The van der Waals surface area contributed by atoms with Crippen molar-refractivity contribution in [1.29, 1.82) is 0 Å². The van der Waals surface area contributed by atoms with Crippen molar-refractivity contribution in [3.8, 4) is 0 Å². The lowest BCUT2D eigenvalue weighted by atomic mass is 10.1. The summed E-state index contributed by atoms with van der Waals surface area (Å²) in [5.41, 5.74) is 3.48. The minimum atomic E-state index is 0.125. The number of carbonyl (C=O) groups is 1. The van der Waals surface area contributed by atoms with E-state index in [2.05, 4.69) is 4.98 Å². The van der Waals surface area contributed by atoms with Gasteiger partial charge in [-0.2, -0.15) is 0 Å². The third kappa shape index (κ3) is 2.73. The first kappa shape index (κ1) is 10.1. The summed E-state index contributed by atoms with van der Waals surface area (Å²) >= 11 is 1.46. The van der Waals surface area contributed by atoms with E-state index in [1.165, 1.54) is 16.9 Å².